The number of nitrogens with one attached hydrogen (secondary N) is 3. The van der Waals surface area contributed by atoms with Crippen molar-refractivity contribution in [2.24, 2.45) is 0 Å². The summed E-state index contributed by atoms with van der Waals surface area (Å²) in [6.07, 6.45) is 8.59. The number of H-pyrrole nitrogens is 2. The molecule has 4 aromatic rings. The van der Waals surface area contributed by atoms with Gasteiger partial charge in [-0.1, -0.05) is 49.7 Å². The van der Waals surface area contributed by atoms with Gasteiger partial charge in [-0.05, 0) is 42.0 Å². The highest BCUT2D eigenvalue weighted by molar-refractivity contribution is 7.85. The van der Waals surface area contributed by atoms with E-state index in [2.05, 4.69) is 15.0 Å². The molecule has 0 aliphatic heterocycles. The van der Waals surface area contributed by atoms with Crippen LogP contribution in [-0.4, -0.2) is 45.8 Å². The third-order valence-electron chi connectivity index (χ3n) is 6.86. The van der Waals surface area contributed by atoms with Crippen LogP contribution in [0.1, 0.15) is 62.2 Å². The molecule has 7 nitrogen and oxygen atoms in total. The summed E-state index contributed by atoms with van der Waals surface area (Å²) >= 11 is 0. The summed E-state index contributed by atoms with van der Waals surface area (Å²) in [4.78, 5) is 21.6. The van der Waals surface area contributed by atoms with E-state index in [1.807, 2.05) is 20.8 Å². The molecule has 230 valence electrons. The van der Waals surface area contributed by atoms with E-state index in [1.54, 1.807) is 42.8 Å². The molecule has 3 unspecified atom stereocenters. The largest absolute Gasteiger partial charge is 0.482 e. The van der Waals surface area contributed by atoms with Crippen molar-refractivity contribution in [2.45, 2.75) is 57.0 Å². The van der Waals surface area contributed by atoms with Crippen molar-refractivity contribution >= 4 is 33.5 Å². The van der Waals surface area contributed by atoms with E-state index in [0.717, 1.165) is 13.4 Å². The minimum absolute atomic E-state index is 0.0158. The van der Waals surface area contributed by atoms with Crippen LogP contribution in [0.5, 0.6) is 5.75 Å². The first-order chi connectivity index (χ1) is 20.8. The number of aldehydes is 1. The molecule has 0 spiro atoms. The molecular weight excluding hydrogens is 577 g/mol. The number of aromatic nitrogens is 3. The van der Waals surface area contributed by atoms with Crippen LogP contribution in [0.4, 0.5) is 13.2 Å². The van der Waals surface area contributed by atoms with Crippen LogP contribution in [0, 0.1) is 16.4 Å². The fourth-order valence-corrected chi connectivity index (χ4v) is 5.76. The molecular formula is C32H37F3N4O3S. The van der Waals surface area contributed by atoms with Crippen molar-refractivity contribution in [1.29, 1.82) is 4.78 Å². The topological polar surface area (TPSA) is 115 Å². The quantitative estimate of drug-likeness (QED) is 0.146. The zero-order chi connectivity index (χ0) is 31.7. The summed E-state index contributed by atoms with van der Waals surface area (Å²) in [5.41, 5.74) is 2.23. The van der Waals surface area contributed by atoms with Crippen LogP contribution in [0.3, 0.4) is 0 Å². The lowest BCUT2D eigenvalue weighted by Gasteiger charge is -2.22. The van der Waals surface area contributed by atoms with Gasteiger partial charge in [0.2, 0.25) is 0 Å². The van der Waals surface area contributed by atoms with Crippen LogP contribution < -0.4 is 4.74 Å². The van der Waals surface area contributed by atoms with E-state index in [9.17, 15) is 9.18 Å². The number of benzene rings is 2. The second-order valence-electron chi connectivity index (χ2n) is 9.42. The predicted octanol–water partition coefficient (Wildman–Crippen LogP) is 7.54. The predicted molar refractivity (Wildman–Crippen MR) is 165 cm³/mol. The smallest absolute Gasteiger partial charge is 0.171 e. The molecule has 2 aromatic carbocycles. The fourth-order valence-electron chi connectivity index (χ4n) is 4.83. The Bertz CT molecular complexity index is 1640. The number of hydrogen-bond acceptors (Lipinski definition) is 5. The molecule has 43 heavy (non-hydrogen) atoms. The Labute approximate surface area is 251 Å². The second kappa shape index (κ2) is 15.5. The Hall–Kier alpha value is -3.96. The number of aryl methyl sites for hydroxylation is 1. The van der Waals surface area contributed by atoms with Crippen molar-refractivity contribution in [3.05, 3.63) is 95.0 Å². The molecule has 1 aliphatic rings. The van der Waals surface area contributed by atoms with Gasteiger partial charge in [-0.3, -0.25) is 4.78 Å². The molecule has 2 aromatic heterocycles. The highest BCUT2D eigenvalue weighted by Gasteiger charge is 2.25. The molecule has 2 heterocycles. The average Bonchev–Trinajstić information content (AvgIpc) is 3.69. The number of hydrogen-bond donors (Lipinski definition) is 4. The van der Waals surface area contributed by atoms with Gasteiger partial charge in [0.05, 0.1) is 10.5 Å². The summed E-state index contributed by atoms with van der Waals surface area (Å²) < 4.78 is 59.5. The molecule has 11 heteroatoms. The minimum atomic E-state index is -1.05. The number of aromatic amines is 2. The molecule has 5 rings (SSSR count). The summed E-state index contributed by atoms with van der Waals surface area (Å²) in [6.45, 7) is 5.82. The van der Waals surface area contributed by atoms with E-state index in [4.69, 9.17) is 14.6 Å². The number of aliphatic hydroxyl groups excluding tert-OH is 1. The van der Waals surface area contributed by atoms with Gasteiger partial charge in [0.1, 0.15) is 29.9 Å². The van der Waals surface area contributed by atoms with Gasteiger partial charge in [-0.25, -0.2) is 18.2 Å². The van der Waals surface area contributed by atoms with Gasteiger partial charge in [-0.2, -0.15) is 0 Å². The lowest BCUT2D eigenvalue weighted by Crippen LogP contribution is -2.18. The van der Waals surface area contributed by atoms with Crippen molar-refractivity contribution in [1.82, 2.24) is 15.0 Å². The van der Waals surface area contributed by atoms with Crippen molar-refractivity contribution in [2.75, 3.05) is 13.4 Å². The first kappa shape index (κ1) is 33.5. The van der Waals surface area contributed by atoms with E-state index < -0.39 is 34.4 Å². The lowest BCUT2D eigenvalue weighted by atomic mass is 9.94. The maximum atomic E-state index is 15.1. The number of aliphatic hydroxyl groups is 1. The normalized spacial score (nSPS) is 15.7. The van der Waals surface area contributed by atoms with Crippen LogP contribution >= 0.6 is 0 Å². The number of nitrogens with zero attached hydrogens (tertiary/aromatic N) is 1. The number of imidazole rings is 1. The first-order valence-corrected chi connectivity index (χ1v) is 15.5. The highest BCUT2D eigenvalue weighted by atomic mass is 32.2. The van der Waals surface area contributed by atoms with Crippen LogP contribution in [0.15, 0.2) is 65.6 Å². The Kier molecular flexibility index (Phi) is 12.1. The summed E-state index contributed by atoms with van der Waals surface area (Å²) in [6, 6.07) is 8.19. The summed E-state index contributed by atoms with van der Waals surface area (Å²) in [5.74, 6) is -1.64. The van der Waals surface area contributed by atoms with Gasteiger partial charge in [0, 0.05) is 60.9 Å². The lowest BCUT2D eigenvalue weighted by molar-refractivity contribution is -0.107. The van der Waals surface area contributed by atoms with Crippen molar-refractivity contribution in [3.63, 3.8) is 0 Å². The molecule has 1 aliphatic carbocycles. The average molecular weight is 615 g/mol. The summed E-state index contributed by atoms with van der Waals surface area (Å²) in [7, 11) is -0.0475. The second-order valence-corrected chi connectivity index (χ2v) is 10.9. The van der Waals surface area contributed by atoms with E-state index in [1.165, 1.54) is 18.3 Å². The Morgan fingerprint density at radius 1 is 1.23 bits per heavy atom. The number of fused-ring (bicyclic) bond motifs is 1. The number of carbonyl (C=O) groups is 1. The van der Waals surface area contributed by atoms with Crippen molar-refractivity contribution in [3.8, 4) is 5.75 Å². The number of allylic oxidation sites excluding steroid dienone is 2. The van der Waals surface area contributed by atoms with Gasteiger partial charge >= 0.3 is 0 Å². The molecule has 3 atom stereocenters. The Morgan fingerprint density at radius 2 is 1.98 bits per heavy atom. The van der Waals surface area contributed by atoms with Crippen LogP contribution in [0.25, 0.3) is 16.5 Å². The maximum Gasteiger partial charge on any atom is 0.171 e. The summed E-state index contributed by atoms with van der Waals surface area (Å²) in [5, 5.41) is 7.71. The third kappa shape index (κ3) is 7.34. The monoisotopic (exact) mass is 614 g/mol. The van der Waals surface area contributed by atoms with Crippen LogP contribution in [-0.2, 0) is 21.9 Å². The molecule has 0 saturated heterocycles. The van der Waals surface area contributed by atoms with E-state index in [-0.39, 0.29) is 35.8 Å². The van der Waals surface area contributed by atoms with Gasteiger partial charge in [-0.15, -0.1) is 0 Å². The zero-order valence-electron chi connectivity index (χ0n) is 24.8. The number of ether oxygens (including phenoxy) is 1. The number of rotatable bonds is 9. The van der Waals surface area contributed by atoms with Gasteiger partial charge in [0.15, 0.2) is 11.6 Å². The maximum absolute atomic E-state index is 15.1. The van der Waals surface area contributed by atoms with Crippen molar-refractivity contribution < 1.29 is 27.8 Å². The molecule has 0 bridgehead atoms. The van der Waals surface area contributed by atoms with E-state index in [0.29, 0.717) is 39.0 Å². The molecule has 0 saturated carbocycles. The standard InChI is InChI=1S/C29H27F3N4O2S.C2H6.CH4O/c1-16(19-7-3-5-17(26(19)32)6-4-12-37)25-15-35-29(36-25)21-13-18(8-9-22(21)30)38-27-23(31)14-24-20(10-11-34-24)28(27)39(2)33;2*1-2/h3,5,7,9-16,18,33-34H,4,6,8H2,1-2H3,(H,35,36);1-2H3;2H,1H3. The first-order valence-electron chi connectivity index (χ1n) is 13.9. The zero-order valence-corrected chi connectivity index (χ0v) is 25.6. The SMILES string of the molecule is CC.CC(c1cnc(C2=CC(Oc3c(F)cc4[nH]ccc4c3S(C)=N)CC=C2F)[nH]1)c1cccc(CCC=O)c1F.CO. The Morgan fingerprint density at radius 3 is 2.67 bits per heavy atom. The molecule has 4 N–H and O–H groups in total. The number of halogens is 3. The minimum Gasteiger partial charge on any atom is -0.482 e. The van der Waals surface area contributed by atoms with Gasteiger partial charge < -0.3 is 24.6 Å². The molecule has 0 amide bonds. The van der Waals surface area contributed by atoms with Gasteiger partial charge in [0.25, 0.3) is 0 Å². The molecule has 0 fully saturated rings. The van der Waals surface area contributed by atoms with E-state index >= 15 is 8.78 Å². The fraction of sp³-hybridized carbons (Fsp3) is 0.312. The highest BCUT2D eigenvalue weighted by Crippen LogP contribution is 2.37. The third-order valence-corrected chi connectivity index (χ3v) is 7.87. The van der Waals surface area contributed by atoms with Crippen LogP contribution in [0.2, 0.25) is 0 Å². The number of carbonyl (C=O) groups excluding carboxylic acids is 1. The Balaban J connectivity index is 0.00000121. The molecule has 0 radical (unpaired) electrons.